The normalized spacial score (nSPS) is 13.4. The number of carboxylic acid groups (broad SMARTS) is 1. The third-order valence-corrected chi connectivity index (χ3v) is 4.15. The Morgan fingerprint density at radius 3 is 2.30 bits per heavy atom. The standard InChI is InChI=1S/C18H21NO4/c1-10(18(21)22)12(3)19-17(20)15-11(2)13(4)23-16(15)14-8-6-5-7-9-14/h5-10,12H,1-4H3,(H,19,20)(H,21,22). The van der Waals surface area contributed by atoms with Gasteiger partial charge in [0.15, 0.2) is 0 Å². The molecule has 0 spiro atoms. The molecular weight excluding hydrogens is 294 g/mol. The number of hydrogen-bond acceptors (Lipinski definition) is 3. The van der Waals surface area contributed by atoms with E-state index in [2.05, 4.69) is 5.32 Å². The van der Waals surface area contributed by atoms with Crippen LogP contribution in [0.4, 0.5) is 0 Å². The molecule has 0 saturated heterocycles. The summed E-state index contributed by atoms with van der Waals surface area (Å²) in [7, 11) is 0. The molecule has 23 heavy (non-hydrogen) atoms. The van der Waals surface area contributed by atoms with Gasteiger partial charge in [0, 0.05) is 17.2 Å². The van der Waals surface area contributed by atoms with Crippen LogP contribution in [0.3, 0.4) is 0 Å². The Bertz CT molecular complexity index is 718. The quantitative estimate of drug-likeness (QED) is 0.886. The molecule has 2 atom stereocenters. The van der Waals surface area contributed by atoms with E-state index in [4.69, 9.17) is 9.52 Å². The van der Waals surface area contributed by atoms with Gasteiger partial charge in [0.25, 0.3) is 5.91 Å². The highest BCUT2D eigenvalue weighted by Gasteiger charge is 2.26. The minimum atomic E-state index is -0.943. The van der Waals surface area contributed by atoms with Crippen LogP contribution in [0.5, 0.6) is 0 Å². The average Bonchev–Trinajstić information content (AvgIpc) is 2.82. The Hall–Kier alpha value is -2.56. The summed E-state index contributed by atoms with van der Waals surface area (Å²) in [5, 5.41) is 11.8. The number of hydrogen-bond donors (Lipinski definition) is 2. The van der Waals surface area contributed by atoms with Crippen molar-refractivity contribution in [3.05, 3.63) is 47.2 Å². The summed E-state index contributed by atoms with van der Waals surface area (Å²) in [6, 6.07) is 8.90. The van der Waals surface area contributed by atoms with Gasteiger partial charge in [0.05, 0.1) is 11.5 Å². The number of carboxylic acids is 1. The van der Waals surface area contributed by atoms with Crippen molar-refractivity contribution in [3.63, 3.8) is 0 Å². The summed E-state index contributed by atoms with van der Waals surface area (Å²) in [5.41, 5.74) is 2.03. The first kappa shape index (κ1) is 16.8. The summed E-state index contributed by atoms with van der Waals surface area (Å²) in [5.74, 6) is -0.756. The molecule has 0 aliphatic rings. The number of amides is 1. The van der Waals surface area contributed by atoms with Crippen LogP contribution in [0.15, 0.2) is 34.7 Å². The third-order valence-electron chi connectivity index (χ3n) is 4.15. The first-order valence-corrected chi connectivity index (χ1v) is 7.52. The lowest BCUT2D eigenvalue weighted by molar-refractivity contribution is -0.141. The molecule has 0 aliphatic heterocycles. The number of carbonyl (C=O) groups is 2. The second-order valence-electron chi connectivity index (χ2n) is 5.74. The van der Waals surface area contributed by atoms with Gasteiger partial charge in [0.1, 0.15) is 11.5 Å². The number of aryl methyl sites for hydroxylation is 1. The molecule has 122 valence electrons. The summed E-state index contributed by atoms with van der Waals surface area (Å²) in [4.78, 5) is 23.7. The van der Waals surface area contributed by atoms with Crippen molar-refractivity contribution in [2.45, 2.75) is 33.7 Å². The van der Waals surface area contributed by atoms with Gasteiger partial charge in [-0.2, -0.15) is 0 Å². The lowest BCUT2D eigenvalue weighted by Crippen LogP contribution is -2.40. The van der Waals surface area contributed by atoms with E-state index in [9.17, 15) is 9.59 Å². The Morgan fingerprint density at radius 2 is 1.74 bits per heavy atom. The van der Waals surface area contributed by atoms with E-state index in [1.165, 1.54) is 0 Å². The first-order chi connectivity index (χ1) is 10.8. The van der Waals surface area contributed by atoms with Gasteiger partial charge in [-0.3, -0.25) is 9.59 Å². The maximum atomic E-state index is 12.6. The zero-order valence-corrected chi connectivity index (χ0v) is 13.7. The van der Waals surface area contributed by atoms with Crippen LogP contribution >= 0.6 is 0 Å². The topological polar surface area (TPSA) is 79.5 Å². The van der Waals surface area contributed by atoms with E-state index in [1.54, 1.807) is 13.8 Å². The van der Waals surface area contributed by atoms with E-state index < -0.39 is 17.9 Å². The van der Waals surface area contributed by atoms with Crippen LogP contribution in [0.2, 0.25) is 0 Å². The van der Waals surface area contributed by atoms with Crippen LogP contribution in [0, 0.1) is 19.8 Å². The van der Waals surface area contributed by atoms with E-state index in [-0.39, 0.29) is 5.91 Å². The fourth-order valence-corrected chi connectivity index (χ4v) is 2.31. The van der Waals surface area contributed by atoms with E-state index >= 15 is 0 Å². The van der Waals surface area contributed by atoms with Gasteiger partial charge in [-0.1, -0.05) is 30.3 Å². The minimum absolute atomic E-state index is 0.321. The van der Waals surface area contributed by atoms with Gasteiger partial charge in [-0.25, -0.2) is 0 Å². The molecule has 0 bridgehead atoms. The monoisotopic (exact) mass is 315 g/mol. The van der Waals surface area contributed by atoms with Crippen molar-refractivity contribution in [1.29, 1.82) is 0 Å². The van der Waals surface area contributed by atoms with Crippen molar-refractivity contribution in [2.75, 3.05) is 0 Å². The molecule has 0 radical (unpaired) electrons. The molecule has 2 aromatic rings. The summed E-state index contributed by atoms with van der Waals surface area (Å²) in [6.45, 7) is 6.88. The average molecular weight is 315 g/mol. The third kappa shape index (κ3) is 3.44. The van der Waals surface area contributed by atoms with Gasteiger partial charge in [-0.05, 0) is 27.7 Å². The van der Waals surface area contributed by atoms with Gasteiger partial charge in [0.2, 0.25) is 0 Å². The Kier molecular flexibility index (Phi) is 4.89. The molecule has 1 heterocycles. The number of furan rings is 1. The van der Waals surface area contributed by atoms with E-state index in [0.29, 0.717) is 17.1 Å². The summed E-state index contributed by atoms with van der Waals surface area (Å²) >= 11 is 0. The second-order valence-corrected chi connectivity index (χ2v) is 5.74. The molecular formula is C18H21NO4. The van der Waals surface area contributed by atoms with Crippen LogP contribution in [0.25, 0.3) is 11.3 Å². The van der Waals surface area contributed by atoms with Crippen molar-refractivity contribution in [2.24, 2.45) is 5.92 Å². The van der Waals surface area contributed by atoms with Crippen molar-refractivity contribution < 1.29 is 19.1 Å². The SMILES string of the molecule is Cc1oc(-c2ccccc2)c(C(=O)NC(C)C(C)C(=O)O)c1C. The van der Waals surface area contributed by atoms with E-state index in [1.807, 2.05) is 44.2 Å². The molecule has 0 aliphatic carbocycles. The number of aliphatic carboxylic acids is 1. The zero-order valence-electron chi connectivity index (χ0n) is 13.7. The largest absolute Gasteiger partial charge is 0.481 e. The fourth-order valence-electron chi connectivity index (χ4n) is 2.31. The predicted molar refractivity (Wildman–Crippen MR) is 87.3 cm³/mol. The molecule has 1 amide bonds. The molecule has 2 unspecified atom stereocenters. The molecule has 5 heteroatoms. The van der Waals surface area contributed by atoms with Gasteiger partial charge < -0.3 is 14.8 Å². The number of rotatable bonds is 5. The maximum absolute atomic E-state index is 12.6. The minimum Gasteiger partial charge on any atom is -0.481 e. The fraction of sp³-hybridized carbons (Fsp3) is 0.333. The zero-order chi connectivity index (χ0) is 17.1. The molecule has 5 nitrogen and oxygen atoms in total. The molecule has 1 aromatic carbocycles. The summed E-state index contributed by atoms with van der Waals surface area (Å²) in [6.07, 6.45) is 0. The molecule has 0 fully saturated rings. The summed E-state index contributed by atoms with van der Waals surface area (Å²) < 4.78 is 5.76. The second kappa shape index (κ2) is 6.69. The van der Waals surface area contributed by atoms with Crippen LogP contribution < -0.4 is 5.32 Å². The van der Waals surface area contributed by atoms with Gasteiger partial charge >= 0.3 is 5.97 Å². The lowest BCUT2D eigenvalue weighted by Gasteiger charge is -2.18. The number of nitrogens with one attached hydrogen (secondary N) is 1. The van der Waals surface area contributed by atoms with Crippen molar-refractivity contribution in [3.8, 4) is 11.3 Å². The molecule has 1 aromatic heterocycles. The highest BCUT2D eigenvalue weighted by Crippen LogP contribution is 2.31. The first-order valence-electron chi connectivity index (χ1n) is 7.52. The predicted octanol–water partition coefficient (Wildman–Crippen LogP) is 3.40. The smallest absolute Gasteiger partial charge is 0.308 e. The van der Waals surface area contributed by atoms with Crippen LogP contribution in [-0.4, -0.2) is 23.0 Å². The lowest BCUT2D eigenvalue weighted by atomic mass is 10.0. The Labute approximate surface area is 135 Å². The Balaban J connectivity index is 2.36. The number of benzene rings is 1. The number of carbonyl (C=O) groups excluding carboxylic acids is 1. The Morgan fingerprint density at radius 1 is 1.13 bits per heavy atom. The molecule has 2 rings (SSSR count). The maximum Gasteiger partial charge on any atom is 0.308 e. The van der Waals surface area contributed by atoms with E-state index in [0.717, 1.165) is 11.1 Å². The highest BCUT2D eigenvalue weighted by molar-refractivity contribution is 6.01. The molecule has 2 N–H and O–H groups in total. The highest BCUT2D eigenvalue weighted by atomic mass is 16.4. The van der Waals surface area contributed by atoms with Crippen molar-refractivity contribution in [1.82, 2.24) is 5.32 Å². The van der Waals surface area contributed by atoms with Crippen LogP contribution in [-0.2, 0) is 4.79 Å². The molecule has 0 saturated carbocycles. The van der Waals surface area contributed by atoms with Gasteiger partial charge in [-0.15, -0.1) is 0 Å². The van der Waals surface area contributed by atoms with Crippen molar-refractivity contribution >= 4 is 11.9 Å². The van der Waals surface area contributed by atoms with Crippen LogP contribution in [0.1, 0.15) is 35.5 Å².